The highest BCUT2D eigenvalue weighted by atomic mass is 16.5. The lowest BCUT2D eigenvalue weighted by atomic mass is 10.0. The summed E-state index contributed by atoms with van der Waals surface area (Å²) in [4.78, 5) is 33.5. The number of carbonyl (C=O) groups is 3. The van der Waals surface area contributed by atoms with Crippen LogP contribution in [0.4, 0.5) is 4.79 Å². The summed E-state index contributed by atoms with van der Waals surface area (Å²) < 4.78 is 14.8. The number of nitrogens with one attached hydrogen (secondary N) is 1. The summed E-state index contributed by atoms with van der Waals surface area (Å²) in [5.41, 5.74) is 2.71. The van der Waals surface area contributed by atoms with Gasteiger partial charge in [0, 0.05) is 20.4 Å². The van der Waals surface area contributed by atoms with Crippen molar-refractivity contribution in [2.75, 3.05) is 13.7 Å². The summed E-state index contributed by atoms with van der Waals surface area (Å²) in [6.45, 7) is 3.09. The quantitative estimate of drug-likeness (QED) is 0.436. The third-order valence-corrected chi connectivity index (χ3v) is 3.83. The van der Waals surface area contributed by atoms with E-state index in [1.807, 2.05) is 30.4 Å². The van der Waals surface area contributed by atoms with Crippen LogP contribution in [-0.4, -0.2) is 31.7 Å². The molecule has 0 spiro atoms. The van der Waals surface area contributed by atoms with E-state index in [0.717, 1.165) is 16.7 Å². The zero-order valence-corrected chi connectivity index (χ0v) is 16.6. The summed E-state index contributed by atoms with van der Waals surface area (Å²) in [5.74, 6) is 0.134. The van der Waals surface area contributed by atoms with Crippen molar-refractivity contribution < 1.29 is 28.6 Å². The van der Waals surface area contributed by atoms with Gasteiger partial charge in [-0.1, -0.05) is 30.4 Å². The standard InChI is InChI=1S/C22H23NO6/c1-15(24)28-20-9-5-17(6-10-20)4-7-19-14-21(29-16(2)25)11-8-18(19)12-13-23-22(26)27-3/h4-11,14H,12-13H2,1-3H3,(H,23,26). The number of esters is 2. The molecule has 7 heteroatoms. The van der Waals surface area contributed by atoms with Gasteiger partial charge in [-0.05, 0) is 47.4 Å². The Labute approximate surface area is 169 Å². The first kappa shape index (κ1) is 21.7. The van der Waals surface area contributed by atoms with Gasteiger partial charge in [0.15, 0.2) is 0 Å². The number of benzene rings is 2. The number of alkyl carbamates (subject to hydrolysis) is 1. The Morgan fingerprint density at radius 1 is 0.897 bits per heavy atom. The number of ether oxygens (including phenoxy) is 3. The van der Waals surface area contributed by atoms with Crippen LogP contribution in [0, 0.1) is 0 Å². The van der Waals surface area contributed by atoms with Crippen LogP contribution in [0.25, 0.3) is 12.2 Å². The van der Waals surface area contributed by atoms with Crippen molar-refractivity contribution in [1.29, 1.82) is 0 Å². The van der Waals surface area contributed by atoms with E-state index in [-0.39, 0.29) is 5.97 Å². The molecule has 0 aromatic heterocycles. The Balaban J connectivity index is 2.19. The number of carbonyl (C=O) groups excluding carboxylic acids is 3. The minimum Gasteiger partial charge on any atom is -0.453 e. The first-order valence-corrected chi connectivity index (χ1v) is 8.97. The van der Waals surface area contributed by atoms with Crippen LogP contribution in [0.3, 0.4) is 0 Å². The molecule has 0 aliphatic rings. The molecule has 2 aromatic carbocycles. The SMILES string of the molecule is COC(=O)NCCc1ccc(OC(C)=O)cc1C=Cc1ccc(OC(C)=O)cc1. The molecule has 0 atom stereocenters. The Morgan fingerprint density at radius 3 is 2.14 bits per heavy atom. The average Bonchev–Trinajstić information content (AvgIpc) is 2.67. The molecule has 0 aliphatic carbocycles. The molecule has 1 N–H and O–H groups in total. The van der Waals surface area contributed by atoms with Gasteiger partial charge >= 0.3 is 18.0 Å². The van der Waals surface area contributed by atoms with Crippen LogP contribution < -0.4 is 14.8 Å². The van der Waals surface area contributed by atoms with Gasteiger partial charge in [0.1, 0.15) is 11.5 Å². The van der Waals surface area contributed by atoms with Gasteiger partial charge in [0.2, 0.25) is 0 Å². The second kappa shape index (κ2) is 10.7. The van der Waals surface area contributed by atoms with Crippen LogP contribution in [-0.2, 0) is 20.7 Å². The van der Waals surface area contributed by atoms with E-state index in [2.05, 4.69) is 10.1 Å². The third-order valence-electron chi connectivity index (χ3n) is 3.83. The van der Waals surface area contributed by atoms with Crippen LogP contribution in [0.1, 0.15) is 30.5 Å². The molecule has 1 amide bonds. The van der Waals surface area contributed by atoms with Gasteiger partial charge in [-0.2, -0.15) is 0 Å². The average molecular weight is 397 g/mol. The third kappa shape index (κ3) is 7.50. The fourth-order valence-electron chi connectivity index (χ4n) is 2.56. The molecular weight excluding hydrogens is 374 g/mol. The number of hydrogen-bond acceptors (Lipinski definition) is 6. The van der Waals surface area contributed by atoms with E-state index in [4.69, 9.17) is 9.47 Å². The Morgan fingerprint density at radius 2 is 1.52 bits per heavy atom. The van der Waals surface area contributed by atoms with Crippen LogP contribution in [0.5, 0.6) is 11.5 Å². The van der Waals surface area contributed by atoms with E-state index < -0.39 is 12.1 Å². The van der Waals surface area contributed by atoms with Gasteiger partial charge in [-0.15, -0.1) is 0 Å². The summed E-state index contributed by atoms with van der Waals surface area (Å²) in [6.07, 6.45) is 3.86. The maximum atomic E-state index is 11.2. The maximum Gasteiger partial charge on any atom is 0.406 e. The first-order valence-electron chi connectivity index (χ1n) is 8.97. The fourth-order valence-corrected chi connectivity index (χ4v) is 2.56. The van der Waals surface area contributed by atoms with E-state index in [9.17, 15) is 14.4 Å². The highest BCUT2D eigenvalue weighted by Crippen LogP contribution is 2.22. The lowest BCUT2D eigenvalue weighted by Gasteiger charge is -2.10. The summed E-state index contributed by atoms with van der Waals surface area (Å²) in [6, 6.07) is 12.4. The van der Waals surface area contributed by atoms with Gasteiger partial charge in [0.05, 0.1) is 7.11 Å². The smallest absolute Gasteiger partial charge is 0.406 e. The monoisotopic (exact) mass is 397 g/mol. The molecule has 0 radical (unpaired) electrons. The molecule has 29 heavy (non-hydrogen) atoms. The number of methoxy groups -OCH3 is 1. The Kier molecular flexibility index (Phi) is 7.97. The highest BCUT2D eigenvalue weighted by molar-refractivity contribution is 5.74. The topological polar surface area (TPSA) is 90.9 Å². The molecule has 2 aromatic rings. The van der Waals surface area contributed by atoms with Crippen LogP contribution in [0.2, 0.25) is 0 Å². The van der Waals surface area contributed by atoms with Crippen molar-refractivity contribution in [3.8, 4) is 11.5 Å². The van der Waals surface area contributed by atoms with Gasteiger partial charge in [-0.25, -0.2) is 4.79 Å². The predicted molar refractivity (Wildman–Crippen MR) is 109 cm³/mol. The van der Waals surface area contributed by atoms with Crippen molar-refractivity contribution in [2.24, 2.45) is 0 Å². The molecule has 0 bridgehead atoms. The van der Waals surface area contributed by atoms with Crippen molar-refractivity contribution in [3.05, 3.63) is 59.2 Å². The molecule has 0 saturated carbocycles. The second-order valence-corrected chi connectivity index (χ2v) is 6.12. The van der Waals surface area contributed by atoms with Crippen LogP contribution in [0.15, 0.2) is 42.5 Å². The lowest BCUT2D eigenvalue weighted by molar-refractivity contribution is -0.132. The van der Waals surface area contributed by atoms with E-state index in [1.54, 1.807) is 24.3 Å². The molecule has 152 valence electrons. The summed E-state index contributed by atoms with van der Waals surface area (Å²) >= 11 is 0. The summed E-state index contributed by atoms with van der Waals surface area (Å²) in [7, 11) is 1.31. The number of amides is 1. The lowest BCUT2D eigenvalue weighted by Crippen LogP contribution is -2.25. The van der Waals surface area contributed by atoms with E-state index >= 15 is 0 Å². The Hall–Kier alpha value is -3.61. The fraction of sp³-hybridized carbons (Fsp3) is 0.227. The molecule has 0 heterocycles. The van der Waals surface area contributed by atoms with Crippen molar-refractivity contribution in [2.45, 2.75) is 20.3 Å². The van der Waals surface area contributed by atoms with E-state index in [1.165, 1.54) is 21.0 Å². The molecule has 0 saturated heterocycles. The zero-order chi connectivity index (χ0) is 21.2. The van der Waals surface area contributed by atoms with Gasteiger partial charge in [-0.3, -0.25) is 9.59 Å². The number of hydrogen-bond donors (Lipinski definition) is 1. The number of rotatable bonds is 7. The molecule has 7 nitrogen and oxygen atoms in total. The maximum absolute atomic E-state index is 11.2. The summed E-state index contributed by atoms with van der Waals surface area (Å²) in [5, 5.41) is 2.64. The first-order chi connectivity index (χ1) is 13.9. The van der Waals surface area contributed by atoms with Crippen LogP contribution >= 0.6 is 0 Å². The normalized spacial score (nSPS) is 10.4. The molecular formula is C22H23NO6. The highest BCUT2D eigenvalue weighted by Gasteiger charge is 2.06. The molecule has 0 unspecified atom stereocenters. The largest absolute Gasteiger partial charge is 0.453 e. The van der Waals surface area contributed by atoms with Crippen molar-refractivity contribution in [3.63, 3.8) is 0 Å². The molecule has 0 aliphatic heterocycles. The molecule has 2 rings (SSSR count). The van der Waals surface area contributed by atoms with E-state index in [0.29, 0.717) is 24.5 Å². The van der Waals surface area contributed by atoms with Crippen molar-refractivity contribution in [1.82, 2.24) is 5.32 Å². The Bertz CT molecular complexity index is 902. The minimum atomic E-state index is -0.494. The van der Waals surface area contributed by atoms with Crippen molar-refractivity contribution >= 4 is 30.2 Å². The zero-order valence-electron chi connectivity index (χ0n) is 16.6. The predicted octanol–water partition coefficient (Wildman–Crippen LogP) is 3.61. The minimum absolute atomic E-state index is 0.374. The second-order valence-electron chi connectivity index (χ2n) is 6.12. The van der Waals surface area contributed by atoms with Gasteiger partial charge in [0.25, 0.3) is 0 Å². The molecule has 0 fully saturated rings. The van der Waals surface area contributed by atoms with Gasteiger partial charge < -0.3 is 19.5 Å².